The third-order valence-electron chi connectivity index (χ3n) is 6.74. The molecule has 0 unspecified atom stereocenters. The maximum atomic E-state index is 12.9. The van der Waals surface area contributed by atoms with Gasteiger partial charge in [-0.25, -0.2) is 4.79 Å². The molecular formula is C27H23NO4. The Kier molecular flexibility index (Phi) is 4.89. The van der Waals surface area contributed by atoms with Crippen LogP contribution in [0.5, 0.6) is 0 Å². The Labute approximate surface area is 186 Å². The number of ether oxygens (including phenoxy) is 1. The molecule has 32 heavy (non-hydrogen) atoms. The zero-order valence-corrected chi connectivity index (χ0v) is 17.5. The number of esters is 1. The van der Waals surface area contributed by atoms with Crippen LogP contribution in [0.3, 0.4) is 0 Å². The molecule has 160 valence electrons. The number of amides is 1. The summed E-state index contributed by atoms with van der Waals surface area (Å²) in [6, 6.07) is 22.2. The van der Waals surface area contributed by atoms with Crippen LogP contribution in [0.1, 0.15) is 57.5 Å². The first kappa shape index (κ1) is 20.2. The van der Waals surface area contributed by atoms with Gasteiger partial charge in [0.25, 0.3) is 0 Å². The van der Waals surface area contributed by atoms with Crippen molar-refractivity contribution in [1.82, 2.24) is 0 Å². The van der Waals surface area contributed by atoms with E-state index in [1.54, 1.807) is 24.3 Å². The van der Waals surface area contributed by atoms with Crippen LogP contribution in [0.15, 0.2) is 72.8 Å². The molecule has 0 bridgehead atoms. The zero-order valence-electron chi connectivity index (χ0n) is 17.5. The van der Waals surface area contributed by atoms with Crippen molar-refractivity contribution in [2.24, 2.45) is 11.7 Å². The van der Waals surface area contributed by atoms with Crippen LogP contribution in [0.2, 0.25) is 0 Å². The Morgan fingerprint density at radius 2 is 1.50 bits per heavy atom. The van der Waals surface area contributed by atoms with Crippen molar-refractivity contribution in [2.75, 3.05) is 0 Å². The molecule has 1 aliphatic carbocycles. The molecule has 0 saturated heterocycles. The zero-order chi connectivity index (χ0) is 22.3. The summed E-state index contributed by atoms with van der Waals surface area (Å²) in [5.41, 5.74) is 9.13. The predicted octanol–water partition coefficient (Wildman–Crippen LogP) is 4.63. The molecule has 1 heterocycles. The first-order valence-electron chi connectivity index (χ1n) is 10.8. The fourth-order valence-electron chi connectivity index (χ4n) is 4.97. The van der Waals surface area contributed by atoms with Crippen molar-refractivity contribution in [1.29, 1.82) is 0 Å². The van der Waals surface area contributed by atoms with Crippen molar-refractivity contribution < 1.29 is 19.1 Å². The van der Waals surface area contributed by atoms with Crippen LogP contribution in [-0.4, -0.2) is 17.7 Å². The van der Waals surface area contributed by atoms with Crippen LogP contribution in [-0.2, 0) is 15.1 Å². The maximum Gasteiger partial charge on any atom is 0.340 e. The molecule has 1 fully saturated rings. The minimum Gasteiger partial charge on any atom is -0.451 e. The second kappa shape index (κ2) is 7.75. The summed E-state index contributed by atoms with van der Waals surface area (Å²) in [6.45, 7) is 0. The lowest BCUT2D eigenvalue weighted by Crippen LogP contribution is -2.36. The lowest BCUT2D eigenvalue weighted by atomic mass is 9.74. The van der Waals surface area contributed by atoms with Gasteiger partial charge in [-0.3, -0.25) is 9.59 Å². The van der Waals surface area contributed by atoms with Crippen molar-refractivity contribution in [3.8, 4) is 11.1 Å². The van der Waals surface area contributed by atoms with E-state index in [2.05, 4.69) is 0 Å². The third-order valence-corrected chi connectivity index (χ3v) is 6.74. The second-order valence-electron chi connectivity index (χ2n) is 8.56. The fraction of sp³-hybridized carbons (Fsp3) is 0.222. The molecule has 0 radical (unpaired) electrons. The van der Waals surface area contributed by atoms with Crippen molar-refractivity contribution in [2.45, 2.75) is 31.3 Å². The summed E-state index contributed by atoms with van der Waals surface area (Å²) in [6.07, 6.45) is 2.41. The van der Waals surface area contributed by atoms with E-state index >= 15 is 0 Å². The van der Waals surface area contributed by atoms with Gasteiger partial charge in [-0.15, -0.1) is 0 Å². The van der Waals surface area contributed by atoms with Gasteiger partial charge < -0.3 is 10.5 Å². The molecular weight excluding hydrogens is 402 g/mol. The van der Waals surface area contributed by atoms with E-state index in [1.165, 1.54) is 0 Å². The van der Waals surface area contributed by atoms with E-state index in [-0.39, 0.29) is 23.6 Å². The van der Waals surface area contributed by atoms with Crippen LogP contribution in [0.4, 0.5) is 0 Å². The molecule has 1 amide bonds. The Balaban J connectivity index is 1.47. The van der Waals surface area contributed by atoms with Crippen LogP contribution in [0.25, 0.3) is 11.1 Å². The maximum absolute atomic E-state index is 12.9. The van der Waals surface area contributed by atoms with Crippen molar-refractivity contribution in [3.05, 3.63) is 95.1 Å². The molecule has 2 aliphatic rings. The number of hydrogen-bond acceptors (Lipinski definition) is 4. The Hall–Kier alpha value is -3.73. The second-order valence-corrected chi connectivity index (χ2v) is 8.56. The highest BCUT2D eigenvalue weighted by Crippen LogP contribution is 2.50. The average Bonchev–Trinajstić information content (AvgIpc) is 3.11. The van der Waals surface area contributed by atoms with Gasteiger partial charge >= 0.3 is 5.97 Å². The SMILES string of the molecule is NC(=O)C1CCC2(CC1)OC(=O)c1c(-c3ccc(C(=O)c4ccccc4)cc3)cccc12. The lowest BCUT2D eigenvalue weighted by Gasteiger charge is -2.35. The van der Waals surface area contributed by atoms with E-state index in [0.717, 1.165) is 16.7 Å². The van der Waals surface area contributed by atoms with Gasteiger partial charge in [0, 0.05) is 22.6 Å². The van der Waals surface area contributed by atoms with E-state index in [4.69, 9.17) is 10.5 Å². The molecule has 5 nitrogen and oxygen atoms in total. The minimum atomic E-state index is -0.683. The van der Waals surface area contributed by atoms with Gasteiger partial charge in [0.2, 0.25) is 5.91 Å². The van der Waals surface area contributed by atoms with Gasteiger partial charge in [-0.2, -0.15) is 0 Å². The number of nitrogens with two attached hydrogens (primary N) is 1. The van der Waals surface area contributed by atoms with Crippen LogP contribution in [0, 0.1) is 5.92 Å². The number of benzene rings is 3. The molecule has 5 heteroatoms. The molecule has 3 aromatic carbocycles. The monoisotopic (exact) mass is 425 g/mol. The first-order chi connectivity index (χ1) is 15.5. The Bertz CT molecular complexity index is 1210. The fourth-order valence-corrected chi connectivity index (χ4v) is 4.97. The molecule has 1 saturated carbocycles. The van der Waals surface area contributed by atoms with Crippen LogP contribution < -0.4 is 5.73 Å². The number of carbonyl (C=O) groups is 3. The molecule has 0 atom stereocenters. The standard InChI is InChI=1S/C27H23NO4/c28-25(30)20-13-15-27(16-14-20)22-8-4-7-21(23(22)26(31)32-27)17-9-11-19(12-10-17)24(29)18-5-2-1-3-6-18/h1-12,20H,13-16H2,(H2,28,30). The van der Waals surface area contributed by atoms with Gasteiger partial charge in [-0.05, 0) is 36.8 Å². The summed E-state index contributed by atoms with van der Waals surface area (Å²) < 4.78 is 5.93. The smallest absolute Gasteiger partial charge is 0.340 e. The number of carbonyl (C=O) groups excluding carboxylic acids is 3. The highest BCUT2D eigenvalue weighted by atomic mass is 16.6. The molecule has 2 N–H and O–H groups in total. The van der Waals surface area contributed by atoms with Crippen LogP contribution >= 0.6 is 0 Å². The molecule has 1 spiro atoms. The molecule has 5 rings (SSSR count). The van der Waals surface area contributed by atoms with Gasteiger partial charge in [0.1, 0.15) is 5.60 Å². The van der Waals surface area contributed by atoms with E-state index < -0.39 is 5.60 Å². The minimum absolute atomic E-state index is 0.0417. The predicted molar refractivity (Wildman–Crippen MR) is 120 cm³/mol. The topological polar surface area (TPSA) is 86.5 Å². The van der Waals surface area contributed by atoms with E-state index in [9.17, 15) is 14.4 Å². The third kappa shape index (κ3) is 3.30. The number of ketones is 1. The summed E-state index contributed by atoms with van der Waals surface area (Å²) in [4.78, 5) is 37.2. The highest BCUT2D eigenvalue weighted by molar-refractivity contribution is 6.09. The average molecular weight is 425 g/mol. The molecule has 1 aliphatic heterocycles. The Morgan fingerprint density at radius 3 is 2.16 bits per heavy atom. The summed E-state index contributed by atoms with van der Waals surface area (Å²) >= 11 is 0. The van der Waals surface area contributed by atoms with Crippen molar-refractivity contribution >= 4 is 17.7 Å². The number of fused-ring (bicyclic) bond motifs is 2. The van der Waals surface area contributed by atoms with E-state index in [1.807, 2.05) is 48.5 Å². The highest BCUT2D eigenvalue weighted by Gasteiger charge is 2.49. The lowest BCUT2D eigenvalue weighted by molar-refractivity contribution is -0.124. The molecule has 0 aromatic heterocycles. The normalized spacial score (nSPS) is 21.8. The van der Waals surface area contributed by atoms with Gasteiger partial charge in [0.05, 0.1) is 5.56 Å². The number of primary amides is 1. The van der Waals surface area contributed by atoms with Crippen molar-refractivity contribution in [3.63, 3.8) is 0 Å². The van der Waals surface area contributed by atoms with Gasteiger partial charge in [-0.1, -0.05) is 72.8 Å². The van der Waals surface area contributed by atoms with Gasteiger partial charge in [0.15, 0.2) is 5.78 Å². The summed E-state index contributed by atoms with van der Waals surface area (Å²) in [5.74, 6) is -0.831. The largest absolute Gasteiger partial charge is 0.451 e. The van der Waals surface area contributed by atoms with E-state index in [0.29, 0.717) is 42.4 Å². The molecule has 3 aromatic rings. The quantitative estimate of drug-likeness (QED) is 0.488. The number of rotatable bonds is 4. The first-order valence-corrected chi connectivity index (χ1v) is 10.8. The number of hydrogen-bond donors (Lipinski definition) is 1. The Morgan fingerprint density at radius 1 is 0.844 bits per heavy atom. The summed E-state index contributed by atoms with van der Waals surface area (Å²) in [7, 11) is 0. The summed E-state index contributed by atoms with van der Waals surface area (Å²) in [5, 5.41) is 0.